The SMILES string of the molecule is Cc1c(CCC(=O)O)c2cc3c(cc2n1C)CN(C)C3. The Hall–Kier alpha value is -1.81. The first-order valence-electron chi connectivity index (χ1n) is 6.97. The average molecular weight is 272 g/mol. The molecule has 0 bridgehead atoms. The van der Waals surface area contributed by atoms with E-state index in [1.54, 1.807) is 0 Å². The highest BCUT2D eigenvalue weighted by Crippen LogP contribution is 2.32. The third kappa shape index (κ3) is 2.00. The fourth-order valence-electron chi connectivity index (χ4n) is 3.25. The number of carboxylic acid groups (broad SMARTS) is 1. The Labute approximate surface area is 118 Å². The van der Waals surface area contributed by atoms with Gasteiger partial charge in [0.25, 0.3) is 0 Å². The van der Waals surface area contributed by atoms with Crippen LogP contribution in [0.5, 0.6) is 0 Å². The molecule has 4 heteroatoms. The molecule has 0 saturated carbocycles. The van der Waals surface area contributed by atoms with Gasteiger partial charge < -0.3 is 9.67 Å². The van der Waals surface area contributed by atoms with Crippen molar-refractivity contribution in [2.75, 3.05) is 7.05 Å². The lowest BCUT2D eigenvalue weighted by Gasteiger charge is -2.03. The van der Waals surface area contributed by atoms with Gasteiger partial charge in [-0.1, -0.05) is 0 Å². The molecule has 1 N–H and O–H groups in total. The number of nitrogens with zero attached hydrogens (tertiary/aromatic N) is 2. The van der Waals surface area contributed by atoms with Crippen LogP contribution in [0.3, 0.4) is 0 Å². The molecule has 2 heterocycles. The first-order chi connectivity index (χ1) is 9.47. The summed E-state index contributed by atoms with van der Waals surface area (Å²) in [5.74, 6) is -0.734. The minimum absolute atomic E-state index is 0.191. The number of carboxylic acids is 1. The molecule has 0 radical (unpaired) electrons. The van der Waals surface area contributed by atoms with Gasteiger partial charge in [0.1, 0.15) is 0 Å². The first kappa shape index (κ1) is 13.2. The van der Waals surface area contributed by atoms with Crippen LogP contribution < -0.4 is 0 Å². The van der Waals surface area contributed by atoms with Gasteiger partial charge in [0.2, 0.25) is 0 Å². The van der Waals surface area contributed by atoms with E-state index in [0.717, 1.165) is 13.1 Å². The van der Waals surface area contributed by atoms with Gasteiger partial charge in [-0.05, 0) is 49.2 Å². The number of benzene rings is 1. The summed E-state index contributed by atoms with van der Waals surface area (Å²) in [6.07, 6.45) is 0.796. The molecule has 1 aromatic carbocycles. The van der Waals surface area contributed by atoms with E-state index in [2.05, 4.69) is 42.6 Å². The minimum atomic E-state index is -0.734. The quantitative estimate of drug-likeness (QED) is 0.933. The Morgan fingerprint density at radius 1 is 1.25 bits per heavy atom. The second kappa shape index (κ2) is 4.63. The van der Waals surface area contributed by atoms with Gasteiger partial charge in [-0.2, -0.15) is 0 Å². The van der Waals surface area contributed by atoms with Gasteiger partial charge in [-0.15, -0.1) is 0 Å². The molecule has 1 aliphatic heterocycles. The summed E-state index contributed by atoms with van der Waals surface area (Å²) < 4.78 is 2.19. The molecule has 4 nitrogen and oxygen atoms in total. The molecule has 3 rings (SSSR count). The molecule has 0 aliphatic carbocycles. The van der Waals surface area contributed by atoms with E-state index in [0.29, 0.717) is 6.42 Å². The van der Waals surface area contributed by atoms with E-state index in [4.69, 9.17) is 5.11 Å². The maximum atomic E-state index is 10.8. The Morgan fingerprint density at radius 2 is 1.90 bits per heavy atom. The zero-order chi connectivity index (χ0) is 14.4. The fourth-order valence-corrected chi connectivity index (χ4v) is 3.25. The predicted molar refractivity (Wildman–Crippen MR) is 78.8 cm³/mol. The second-order valence-corrected chi connectivity index (χ2v) is 5.83. The molecule has 0 saturated heterocycles. The van der Waals surface area contributed by atoms with Gasteiger partial charge in [-0.25, -0.2) is 0 Å². The van der Waals surface area contributed by atoms with Crippen molar-refractivity contribution in [2.45, 2.75) is 32.9 Å². The van der Waals surface area contributed by atoms with E-state index < -0.39 is 5.97 Å². The molecular formula is C16H20N2O2. The number of aliphatic carboxylic acids is 1. The van der Waals surface area contributed by atoms with Crippen molar-refractivity contribution >= 4 is 16.9 Å². The molecule has 2 aromatic rings. The Balaban J connectivity index is 2.13. The van der Waals surface area contributed by atoms with Crippen molar-refractivity contribution < 1.29 is 9.90 Å². The van der Waals surface area contributed by atoms with Crippen molar-refractivity contribution in [3.05, 3.63) is 34.5 Å². The number of aromatic nitrogens is 1. The summed E-state index contributed by atoms with van der Waals surface area (Å²) in [6.45, 7) is 4.06. The summed E-state index contributed by atoms with van der Waals surface area (Å²) in [5.41, 5.74) is 6.35. The van der Waals surface area contributed by atoms with Crippen LogP contribution in [0.1, 0.15) is 28.8 Å². The Morgan fingerprint density at radius 3 is 2.55 bits per heavy atom. The van der Waals surface area contributed by atoms with Crippen LogP contribution in [0.4, 0.5) is 0 Å². The predicted octanol–water partition coefficient (Wildman–Crippen LogP) is 2.45. The summed E-state index contributed by atoms with van der Waals surface area (Å²) >= 11 is 0. The van der Waals surface area contributed by atoms with E-state index in [-0.39, 0.29) is 6.42 Å². The summed E-state index contributed by atoms with van der Waals surface area (Å²) in [4.78, 5) is 13.1. The summed E-state index contributed by atoms with van der Waals surface area (Å²) in [7, 11) is 4.19. The molecule has 106 valence electrons. The van der Waals surface area contributed by atoms with Crippen LogP contribution in [0, 0.1) is 6.92 Å². The third-order valence-corrected chi connectivity index (χ3v) is 4.41. The zero-order valence-electron chi connectivity index (χ0n) is 12.2. The Bertz CT molecular complexity index is 700. The fraction of sp³-hybridized carbons (Fsp3) is 0.438. The lowest BCUT2D eigenvalue weighted by Crippen LogP contribution is -2.07. The van der Waals surface area contributed by atoms with Crippen LogP contribution in [-0.2, 0) is 31.4 Å². The monoisotopic (exact) mass is 272 g/mol. The summed E-state index contributed by atoms with van der Waals surface area (Å²) in [6, 6.07) is 4.53. The first-order valence-corrected chi connectivity index (χ1v) is 6.97. The lowest BCUT2D eigenvalue weighted by atomic mass is 10.0. The maximum absolute atomic E-state index is 10.8. The summed E-state index contributed by atoms with van der Waals surface area (Å²) in [5, 5.41) is 10.1. The number of hydrogen-bond acceptors (Lipinski definition) is 2. The number of rotatable bonds is 3. The van der Waals surface area contributed by atoms with E-state index >= 15 is 0 Å². The molecule has 0 spiro atoms. The standard InChI is InChI=1S/C16H20N2O2/c1-10-13(4-5-16(19)20)14-6-11-8-17(2)9-12(11)7-15(14)18(10)3/h6-7H,4-5,8-9H2,1-3H3,(H,19,20). The topological polar surface area (TPSA) is 45.5 Å². The van der Waals surface area contributed by atoms with Gasteiger partial charge in [0, 0.05) is 43.2 Å². The number of aryl methyl sites for hydroxylation is 2. The smallest absolute Gasteiger partial charge is 0.303 e. The molecule has 20 heavy (non-hydrogen) atoms. The number of carbonyl (C=O) groups is 1. The minimum Gasteiger partial charge on any atom is -0.481 e. The van der Waals surface area contributed by atoms with Crippen LogP contribution in [0.25, 0.3) is 10.9 Å². The number of hydrogen-bond donors (Lipinski definition) is 1. The molecule has 1 aromatic heterocycles. The van der Waals surface area contributed by atoms with Crippen LogP contribution in [0.2, 0.25) is 0 Å². The van der Waals surface area contributed by atoms with E-state index in [1.165, 1.54) is 33.3 Å². The average Bonchev–Trinajstić information content (AvgIpc) is 2.84. The highest BCUT2D eigenvalue weighted by molar-refractivity contribution is 5.87. The Kier molecular flexibility index (Phi) is 3.05. The van der Waals surface area contributed by atoms with Gasteiger partial charge in [0.15, 0.2) is 0 Å². The molecule has 0 atom stereocenters. The van der Waals surface area contributed by atoms with Crippen molar-refractivity contribution in [3.8, 4) is 0 Å². The van der Waals surface area contributed by atoms with Crippen LogP contribution in [-0.4, -0.2) is 27.6 Å². The third-order valence-electron chi connectivity index (χ3n) is 4.41. The van der Waals surface area contributed by atoms with Crippen molar-refractivity contribution in [2.24, 2.45) is 7.05 Å². The van der Waals surface area contributed by atoms with Crippen molar-refractivity contribution in [1.82, 2.24) is 9.47 Å². The van der Waals surface area contributed by atoms with Gasteiger partial charge in [0.05, 0.1) is 0 Å². The molecule has 1 aliphatic rings. The highest BCUT2D eigenvalue weighted by atomic mass is 16.4. The maximum Gasteiger partial charge on any atom is 0.303 e. The van der Waals surface area contributed by atoms with Crippen molar-refractivity contribution in [3.63, 3.8) is 0 Å². The van der Waals surface area contributed by atoms with Gasteiger partial charge in [-0.3, -0.25) is 9.69 Å². The van der Waals surface area contributed by atoms with Gasteiger partial charge >= 0.3 is 5.97 Å². The molecule has 0 amide bonds. The second-order valence-electron chi connectivity index (χ2n) is 5.83. The normalized spacial score (nSPS) is 14.9. The molecule has 0 unspecified atom stereocenters. The lowest BCUT2D eigenvalue weighted by molar-refractivity contribution is -0.136. The molecular weight excluding hydrogens is 252 g/mol. The number of fused-ring (bicyclic) bond motifs is 2. The largest absolute Gasteiger partial charge is 0.481 e. The van der Waals surface area contributed by atoms with Crippen LogP contribution in [0.15, 0.2) is 12.1 Å². The zero-order valence-corrected chi connectivity index (χ0v) is 12.2. The van der Waals surface area contributed by atoms with E-state index in [1.807, 2.05) is 0 Å². The van der Waals surface area contributed by atoms with Crippen LogP contribution >= 0.6 is 0 Å². The molecule has 0 fully saturated rings. The highest BCUT2D eigenvalue weighted by Gasteiger charge is 2.20. The van der Waals surface area contributed by atoms with E-state index in [9.17, 15) is 4.79 Å². The van der Waals surface area contributed by atoms with Crippen molar-refractivity contribution in [1.29, 1.82) is 0 Å².